The van der Waals surface area contributed by atoms with Gasteiger partial charge >= 0.3 is 5.97 Å². The first kappa shape index (κ1) is 13.8. The lowest BCUT2D eigenvalue weighted by Crippen LogP contribution is -2.11. The Labute approximate surface area is 124 Å². The van der Waals surface area contributed by atoms with Crippen LogP contribution in [0.2, 0.25) is 0 Å². The normalized spacial score (nSPS) is 10.6. The van der Waals surface area contributed by atoms with Crippen molar-refractivity contribution < 1.29 is 18.8 Å². The molecule has 0 atom stereocenters. The molecule has 8 nitrogen and oxygen atoms in total. The highest BCUT2D eigenvalue weighted by atomic mass is 16.5. The van der Waals surface area contributed by atoms with Crippen molar-refractivity contribution in [2.24, 2.45) is 0 Å². The van der Waals surface area contributed by atoms with Gasteiger partial charge in [0, 0.05) is 18.0 Å². The molecule has 1 N–H and O–H groups in total. The number of ether oxygens (including phenoxy) is 1. The van der Waals surface area contributed by atoms with E-state index < -0.39 is 11.9 Å². The summed E-state index contributed by atoms with van der Waals surface area (Å²) < 4.78 is 11.3. The van der Waals surface area contributed by atoms with Crippen molar-refractivity contribution in [2.45, 2.75) is 6.92 Å². The molecule has 3 heterocycles. The van der Waals surface area contributed by atoms with Crippen LogP contribution in [0.25, 0.3) is 5.52 Å². The van der Waals surface area contributed by atoms with Crippen LogP contribution in [0.5, 0.6) is 0 Å². The van der Waals surface area contributed by atoms with Gasteiger partial charge in [0.05, 0.1) is 24.5 Å². The van der Waals surface area contributed by atoms with Gasteiger partial charge in [-0.15, -0.1) is 0 Å². The number of esters is 1. The van der Waals surface area contributed by atoms with Crippen LogP contribution in [0.15, 0.2) is 41.3 Å². The number of hydrogen-bond donors (Lipinski definition) is 1. The molecular weight excluding hydrogens is 288 g/mol. The minimum atomic E-state index is -0.462. The number of anilines is 1. The molecule has 0 saturated heterocycles. The molecule has 0 saturated carbocycles. The second-order valence-corrected chi connectivity index (χ2v) is 4.35. The quantitative estimate of drug-likeness (QED) is 0.737. The van der Waals surface area contributed by atoms with E-state index in [2.05, 4.69) is 15.6 Å². The topological polar surface area (TPSA) is 98.7 Å². The molecule has 0 bridgehead atoms. The molecule has 0 radical (unpaired) electrons. The second kappa shape index (κ2) is 5.68. The molecule has 0 unspecified atom stereocenters. The first-order valence-corrected chi connectivity index (χ1v) is 6.55. The summed E-state index contributed by atoms with van der Waals surface area (Å²) in [6.07, 6.45) is 4.44. The molecule has 3 rings (SSSR count). The van der Waals surface area contributed by atoms with Crippen LogP contribution in [0.3, 0.4) is 0 Å². The average molecular weight is 300 g/mol. The Hall–Kier alpha value is -3.16. The highest BCUT2D eigenvalue weighted by Gasteiger charge is 2.15. The van der Waals surface area contributed by atoms with Crippen molar-refractivity contribution in [1.82, 2.24) is 14.8 Å². The minimum absolute atomic E-state index is 0.0963. The molecule has 0 fully saturated rings. The molecule has 0 aromatic carbocycles. The largest absolute Gasteiger partial charge is 0.462 e. The highest BCUT2D eigenvalue weighted by molar-refractivity contribution is 6.03. The van der Waals surface area contributed by atoms with Crippen molar-refractivity contribution >= 4 is 23.1 Å². The van der Waals surface area contributed by atoms with Crippen molar-refractivity contribution in [2.75, 3.05) is 11.9 Å². The summed E-state index contributed by atoms with van der Waals surface area (Å²) in [5.41, 5.74) is 1.37. The predicted molar refractivity (Wildman–Crippen MR) is 75.6 cm³/mol. The molecule has 0 aliphatic rings. The van der Waals surface area contributed by atoms with E-state index in [9.17, 15) is 9.59 Å². The van der Waals surface area contributed by atoms with Crippen molar-refractivity contribution in [3.8, 4) is 0 Å². The van der Waals surface area contributed by atoms with Crippen molar-refractivity contribution in [3.63, 3.8) is 0 Å². The van der Waals surface area contributed by atoms with Gasteiger partial charge < -0.3 is 14.6 Å². The van der Waals surface area contributed by atoms with Crippen molar-refractivity contribution in [3.05, 3.63) is 48.1 Å². The van der Waals surface area contributed by atoms with Crippen LogP contribution in [-0.4, -0.2) is 33.3 Å². The maximum atomic E-state index is 11.9. The molecule has 0 spiro atoms. The number of fused-ring (bicyclic) bond motifs is 1. The van der Waals surface area contributed by atoms with Gasteiger partial charge in [-0.25, -0.2) is 9.31 Å². The highest BCUT2D eigenvalue weighted by Crippen LogP contribution is 2.17. The molecule has 112 valence electrons. The zero-order chi connectivity index (χ0) is 15.5. The number of pyridine rings is 1. The first-order chi connectivity index (χ1) is 10.7. The molecule has 0 aliphatic carbocycles. The third-order valence-corrected chi connectivity index (χ3v) is 2.94. The van der Waals surface area contributed by atoms with Gasteiger partial charge in [0.2, 0.25) is 5.76 Å². The predicted octanol–water partition coefficient (Wildman–Crippen LogP) is 1.75. The maximum Gasteiger partial charge on any atom is 0.341 e. The summed E-state index contributed by atoms with van der Waals surface area (Å²) in [6.45, 7) is 2.00. The molecule has 3 aromatic rings. The van der Waals surface area contributed by atoms with Crippen LogP contribution in [0, 0.1) is 0 Å². The Morgan fingerprint density at radius 2 is 2.27 bits per heavy atom. The van der Waals surface area contributed by atoms with Gasteiger partial charge in [0.15, 0.2) is 0 Å². The van der Waals surface area contributed by atoms with E-state index in [1.807, 2.05) is 0 Å². The second-order valence-electron chi connectivity index (χ2n) is 4.35. The van der Waals surface area contributed by atoms with Crippen LogP contribution >= 0.6 is 0 Å². The van der Waals surface area contributed by atoms with Crippen molar-refractivity contribution in [1.29, 1.82) is 0 Å². The molecule has 8 heteroatoms. The van der Waals surface area contributed by atoms with E-state index >= 15 is 0 Å². The Morgan fingerprint density at radius 3 is 3.00 bits per heavy atom. The van der Waals surface area contributed by atoms with Crippen LogP contribution in [0.4, 0.5) is 5.69 Å². The lowest BCUT2D eigenvalue weighted by molar-refractivity contribution is 0.0528. The molecule has 22 heavy (non-hydrogen) atoms. The standard InChI is InChI=1S/C14H12N4O4/c1-2-21-14(20)10-8-15-18-6-4-9(7-11(10)18)17-13(19)12-3-5-16-22-12/h3-8H,2H2,1H3,(H,17,19). The Balaban J connectivity index is 1.90. The van der Waals surface area contributed by atoms with E-state index in [0.29, 0.717) is 16.8 Å². The number of amides is 1. The zero-order valence-electron chi connectivity index (χ0n) is 11.6. The van der Waals surface area contributed by atoms with Crippen LogP contribution in [0.1, 0.15) is 27.8 Å². The summed E-state index contributed by atoms with van der Waals surface area (Å²) in [5, 5.41) is 10.2. The number of rotatable bonds is 4. The van der Waals surface area contributed by atoms with Gasteiger partial charge in [-0.2, -0.15) is 5.10 Å². The number of aromatic nitrogens is 3. The molecule has 1 amide bonds. The first-order valence-electron chi connectivity index (χ1n) is 6.55. The lowest BCUT2D eigenvalue weighted by atomic mass is 10.2. The number of nitrogens with zero attached hydrogens (tertiary/aromatic N) is 3. The Kier molecular flexibility index (Phi) is 3.57. The van der Waals surface area contributed by atoms with E-state index in [1.54, 1.807) is 25.3 Å². The van der Waals surface area contributed by atoms with Gasteiger partial charge in [-0.3, -0.25) is 4.79 Å². The molecule has 0 aliphatic heterocycles. The van der Waals surface area contributed by atoms with Gasteiger partial charge in [-0.05, 0) is 19.1 Å². The average Bonchev–Trinajstić information content (AvgIpc) is 3.17. The fourth-order valence-corrected chi connectivity index (χ4v) is 1.95. The third kappa shape index (κ3) is 2.53. The van der Waals surface area contributed by atoms with Crippen LogP contribution < -0.4 is 5.32 Å². The van der Waals surface area contributed by atoms with Gasteiger partial charge in [0.25, 0.3) is 5.91 Å². The Morgan fingerprint density at radius 1 is 1.41 bits per heavy atom. The molecule has 3 aromatic heterocycles. The maximum absolute atomic E-state index is 11.9. The van der Waals surface area contributed by atoms with E-state index in [0.717, 1.165) is 0 Å². The fraction of sp³-hybridized carbons (Fsp3) is 0.143. The summed E-state index contributed by atoms with van der Waals surface area (Å²) in [5.74, 6) is -0.797. The monoisotopic (exact) mass is 300 g/mol. The smallest absolute Gasteiger partial charge is 0.341 e. The number of carbonyl (C=O) groups excluding carboxylic acids is 2. The number of carbonyl (C=O) groups is 2. The number of hydrogen-bond acceptors (Lipinski definition) is 6. The summed E-state index contributed by atoms with van der Waals surface area (Å²) in [6, 6.07) is 4.74. The molecular formula is C14H12N4O4. The lowest BCUT2D eigenvalue weighted by Gasteiger charge is -2.04. The Bertz CT molecular complexity index is 823. The van der Waals surface area contributed by atoms with Gasteiger partial charge in [0.1, 0.15) is 5.56 Å². The van der Waals surface area contributed by atoms with E-state index in [4.69, 9.17) is 9.26 Å². The fourth-order valence-electron chi connectivity index (χ4n) is 1.95. The summed E-state index contributed by atoms with van der Waals surface area (Å²) in [7, 11) is 0. The number of nitrogens with one attached hydrogen (secondary N) is 1. The third-order valence-electron chi connectivity index (χ3n) is 2.94. The van der Waals surface area contributed by atoms with Gasteiger partial charge in [-0.1, -0.05) is 5.16 Å². The van der Waals surface area contributed by atoms with E-state index in [1.165, 1.54) is 23.0 Å². The summed E-state index contributed by atoms with van der Waals surface area (Å²) >= 11 is 0. The SMILES string of the molecule is CCOC(=O)c1cnn2ccc(NC(=O)c3ccno3)cc12. The van der Waals surface area contributed by atoms with E-state index in [-0.39, 0.29) is 12.4 Å². The minimum Gasteiger partial charge on any atom is -0.462 e. The van der Waals surface area contributed by atoms with Crippen LogP contribution in [-0.2, 0) is 4.74 Å². The zero-order valence-corrected chi connectivity index (χ0v) is 11.6. The summed E-state index contributed by atoms with van der Waals surface area (Å²) in [4.78, 5) is 23.8.